The summed E-state index contributed by atoms with van der Waals surface area (Å²) < 4.78 is 5.09. The van der Waals surface area contributed by atoms with Crippen molar-refractivity contribution in [3.63, 3.8) is 0 Å². The Balaban J connectivity index is 2.11. The van der Waals surface area contributed by atoms with E-state index in [-0.39, 0.29) is 6.04 Å². The lowest BCUT2D eigenvalue weighted by molar-refractivity contribution is 0.181. The van der Waals surface area contributed by atoms with Gasteiger partial charge in [0.1, 0.15) is 12.1 Å². The van der Waals surface area contributed by atoms with Crippen molar-refractivity contribution in [1.29, 1.82) is 0 Å². The smallest absolute Gasteiger partial charge is 0.132 e. The maximum absolute atomic E-state index is 6.19. The molecule has 5 heteroatoms. The van der Waals surface area contributed by atoms with Crippen LogP contribution in [-0.4, -0.2) is 36.2 Å². The molecule has 0 saturated carbocycles. The summed E-state index contributed by atoms with van der Waals surface area (Å²) in [5.74, 6) is 2.09. The molecule has 2 rings (SSSR count). The first kappa shape index (κ1) is 13.2. The molecule has 0 aromatic carbocycles. The summed E-state index contributed by atoms with van der Waals surface area (Å²) in [6.07, 6.45) is 1.60. The third-order valence-electron chi connectivity index (χ3n) is 3.59. The van der Waals surface area contributed by atoms with Gasteiger partial charge in [-0.1, -0.05) is 13.8 Å². The normalized spacial score (nSPS) is 23.9. The molecule has 2 heterocycles. The summed E-state index contributed by atoms with van der Waals surface area (Å²) >= 11 is 0. The number of aromatic nitrogens is 2. The van der Waals surface area contributed by atoms with Gasteiger partial charge < -0.3 is 15.4 Å². The number of rotatable bonds is 4. The second kappa shape index (κ2) is 5.63. The first-order chi connectivity index (χ1) is 8.61. The van der Waals surface area contributed by atoms with E-state index >= 15 is 0 Å². The van der Waals surface area contributed by atoms with Crippen LogP contribution >= 0.6 is 0 Å². The number of hydrogen-bond donors (Lipinski definition) is 1. The fourth-order valence-corrected chi connectivity index (χ4v) is 2.53. The van der Waals surface area contributed by atoms with Crippen LogP contribution in [0.3, 0.4) is 0 Å². The van der Waals surface area contributed by atoms with E-state index < -0.39 is 0 Å². The first-order valence-electron chi connectivity index (χ1n) is 6.42. The molecule has 2 atom stereocenters. The predicted molar refractivity (Wildman–Crippen MR) is 71.3 cm³/mol. The monoisotopic (exact) mass is 250 g/mol. The van der Waals surface area contributed by atoms with Crippen LogP contribution in [0.1, 0.15) is 19.5 Å². The van der Waals surface area contributed by atoms with E-state index in [1.165, 1.54) is 0 Å². The highest BCUT2D eigenvalue weighted by Gasteiger charge is 2.32. The number of methoxy groups -OCH3 is 1. The van der Waals surface area contributed by atoms with E-state index in [2.05, 4.69) is 28.7 Å². The summed E-state index contributed by atoms with van der Waals surface area (Å²) in [7, 11) is 1.67. The fourth-order valence-electron chi connectivity index (χ4n) is 2.53. The number of nitrogens with two attached hydrogens (primary N) is 1. The lowest BCUT2D eigenvalue weighted by Crippen LogP contribution is -2.32. The molecule has 0 amide bonds. The van der Waals surface area contributed by atoms with Crippen LogP contribution in [0.15, 0.2) is 12.4 Å². The molecule has 0 spiro atoms. The summed E-state index contributed by atoms with van der Waals surface area (Å²) in [6.45, 7) is 6.81. The van der Waals surface area contributed by atoms with Crippen molar-refractivity contribution in [2.24, 2.45) is 17.6 Å². The van der Waals surface area contributed by atoms with Gasteiger partial charge in [-0.3, -0.25) is 0 Å². The zero-order valence-corrected chi connectivity index (χ0v) is 11.3. The van der Waals surface area contributed by atoms with Gasteiger partial charge in [0.05, 0.1) is 12.3 Å². The Kier molecular flexibility index (Phi) is 4.14. The maximum Gasteiger partial charge on any atom is 0.132 e. The summed E-state index contributed by atoms with van der Waals surface area (Å²) in [5, 5.41) is 0. The molecule has 18 heavy (non-hydrogen) atoms. The van der Waals surface area contributed by atoms with Gasteiger partial charge in [-0.2, -0.15) is 0 Å². The molecule has 1 saturated heterocycles. The highest BCUT2D eigenvalue weighted by Crippen LogP contribution is 2.26. The van der Waals surface area contributed by atoms with Gasteiger partial charge >= 0.3 is 0 Å². The first-order valence-corrected chi connectivity index (χ1v) is 6.42. The van der Waals surface area contributed by atoms with Crippen molar-refractivity contribution >= 4 is 5.82 Å². The van der Waals surface area contributed by atoms with E-state index in [0.717, 1.165) is 24.6 Å². The molecule has 0 unspecified atom stereocenters. The van der Waals surface area contributed by atoms with Crippen LogP contribution in [-0.2, 0) is 11.3 Å². The molecule has 0 radical (unpaired) electrons. The quantitative estimate of drug-likeness (QED) is 0.865. The molecule has 1 aliphatic heterocycles. The molecule has 100 valence electrons. The Morgan fingerprint density at radius 1 is 1.44 bits per heavy atom. The number of anilines is 1. The third kappa shape index (κ3) is 2.79. The molecule has 5 nitrogen and oxygen atoms in total. The van der Waals surface area contributed by atoms with Crippen LogP contribution < -0.4 is 10.6 Å². The Bertz CT molecular complexity index is 396. The van der Waals surface area contributed by atoms with Crippen LogP contribution in [0.4, 0.5) is 5.82 Å². The predicted octanol–water partition coefficient (Wildman–Crippen LogP) is 1.04. The van der Waals surface area contributed by atoms with Gasteiger partial charge in [0.2, 0.25) is 0 Å². The van der Waals surface area contributed by atoms with Gasteiger partial charge in [-0.25, -0.2) is 9.97 Å². The van der Waals surface area contributed by atoms with E-state index in [4.69, 9.17) is 10.5 Å². The molecule has 0 bridgehead atoms. The Morgan fingerprint density at radius 3 is 2.83 bits per heavy atom. The van der Waals surface area contributed by atoms with E-state index in [1.807, 2.05) is 6.07 Å². The lowest BCUT2D eigenvalue weighted by Gasteiger charge is -2.19. The molecule has 1 aromatic heterocycles. The highest BCUT2D eigenvalue weighted by molar-refractivity contribution is 5.41. The Morgan fingerprint density at radius 2 is 2.22 bits per heavy atom. The maximum atomic E-state index is 6.19. The van der Waals surface area contributed by atoms with Crippen molar-refractivity contribution < 1.29 is 4.74 Å². The minimum Gasteiger partial charge on any atom is -0.378 e. The highest BCUT2D eigenvalue weighted by atomic mass is 16.5. The number of hydrogen-bond acceptors (Lipinski definition) is 5. The van der Waals surface area contributed by atoms with Crippen LogP contribution in [0.5, 0.6) is 0 Å². The van der Waals surface area contributed by atoms with Crippen LogP contribution in [0, 0.1) is 11.8 Å². The van der Waals surface area contributed by atoms with Gasteiger partial charge in [-0.15, -0.1) is 0 Å². The molecular formula is C13H22N4O. The molecule has 1 aliphatic rings. The third-order valence-corrected chi connectivity index (χ3v) is 3.59. The van der Waals surface area contributed by atoms with Crippen LogP contribution in [0.25, 0.3) is 0 Å². The van der Waals surface area contributed by atoms with E-state index in [1.54, 1.807) is 13.4 Å². The second-order valence-corrected chi connectivity index (χ2v) is 5.28. The van der Waals surface area contributed by atoms with Gasteiger partial charge in [-0.05, 0) is 11.8 Å². The molecule has 1 fully saturated rings. The number of nitrogens with zero attached hydrogens (tertiary/aromatic N) is 3. The largest absolute Gasteiger partial charge is 0.378 e. The molecule has 0 aliphatic carbocycles. The average Bonchev–Trinajstić information content (AvgIpc) is 2.72. The zero-order valence-electron chi connectivity index (χ0n) is 11.3. The standard InChI is InChI=1S/C13H22N4O/c1-9(2)11-5-17(6-12(11)14)13-4-10(7-18-3)15-8-16-13/h4,8-9,11-12H,5-7,14H2,1-3H3/t11-,12+/m0/s1. The van der Waals surface area contributed by atoms with Crippen molar-refractivity contribution in [2.45, 2.75) is 26.5 Å². The minimum atomic E-state index is 0.228. The molecule has 2 N–H and O–H groups in total. The fraction of sp³-hybridized carbons (Fsp3) is 0.692. The summed E-state index contributed by atoms with van der Waals surface area (Å²) in [6, 6.07) is 2.21. The Hall–Kier alpha value is -1.20. The SMILES string of the molecule is COCc1cc(N2C[C@@H](N)[C@H](C(C)C)C2)ncn1. The topological polar surface area (TPSA) is 64.3 Å². The summed E-state index contributed by atoms with van der Waals surface area (Å²) in [5.41, 5.74) is 7.10. The van der Waals surface area contributed by atoms with E-state index in [9.17, 15) is 0 Å². The minimum absolute atomic E-state index is 0.228. The van der Waals surface area contributed by atoms with Crippen molar-refractivity contribution in [3.05, 3.63) is 18.1 Å². The zero-order chi connectivity index (χ0) is 13.1. The van der Waals surface area contributed by atoms with Gasteiger partial charge in [0.15, 0.2) is 0 Å². The van der Waals surface area contributed by atoms with Crippen molar-refractivity contribution in [1.82, 2.24) is 9.97 Å². The Labute approximate surface area is 108 Å². The van der Waals surface area contributed by atoms with Gasteiger partial charge in [0, 0.05) is 32.3 Å². The van der Waals surface area contributed by atoms with Gasteiger partial charge in [0.25, 0.3) is 0 Å². The van der Waals surface area contributed by atoms with Crippen molar-refractivity contribution in [3.8, 4) is 0 Å². The average molecular weight is 250 g/mol. The lowest BCUT2D eigenvalue weighted by atomic mass is 9.92. The second-order valence-electron chi connectivity index (χ2n) is 5.28. The van der Waals surface area contributed by atoms with E-state index in [0.29, 0.717) is 18.4 Å². The van der Waals surface area contributed by atoms with Crippen molar-refractivity contribution in [2.75, 3.05) is 25.1 Å². The number of ether oxygens (including phenoxy) is 1. The molecule has 1 aromatic rings. The molecular weight excluding hydrogens is 228 g/mol. The summed E-state index contributed by atoms with van der Waals surface area (Å²) in [4.78, 5) is 10.8. The van der Waals surface area contributed by atoms with Crippen LogP contribution in [0.2, 0.25) is 0 Å².